The molecular weight excluding hydrogens is 332 g/mol. The topological polar surface area (TPSA) is 78.5 Å². The number of aromatic nitrogens is 4. The van der Waals surface area contributed by atoms with E-state index in [1.54, 1.807) is 17.0 Å². The highest BCUT2D eigenvalue weighted by molar-refractivity contribution is 6.00. The van der Waals surface area contributed by atoms with Crippen LogP contribution in [0.2, 0.25) is 0 Å². The second-order valence-corrected chi connectivity index (χ2v) is 5.14. The summed E-state index contributed by atoms with van der Waals surface area (Å²) in [7, 11) is 0. The summed E-state index contributed by atoms with van der Waals surface area (Å²) in [5.41, 5.74) is 1.81. The minimum atomic E-state index is -1.07. The van der Waals surface area contributed by atoms with Gasteiger partial charge in [-0.05, 0) is 19.0 Å². The van der Waals surface area contributed by atoms with E-state index < -0.39 is 12.2 Å². The van der Waals surface area contributed by atoms with Crippen molar-refractivity contribution in [2.24, 2.45) is 0 Å². The average molecular weight is 348 g/mol. The fourth-order valence-electron chi connectivity index (χ4n) is 3.04. The SMILES string of the molecule is Cl.Cl.O=c1[nH]c2cnc3[nH]ccc3c2n1C1CCNC[C@@H]1F. The Morgan fingerprint density at radius 2 is 2.18 bits per heavy atom. The van der Waals surface area contributed by atoms with E-state index in [0.29, 0.717) is 24.1 Å². The maximum Gasteiger partial charge on any atom is 0.326 e. The first kappa shape index (κ1) is 16.8. The van der Waals surface area contributed by atoms with E-state index in [1.807, 2.05) is 6.07 Å². The molecule has 0 aliphatic carbocycles. The van der Waals surface area contributed by atoms with Crippen molar-refractivity contribution >= 4 is 46.9 Å². The summed E-state index contributed by atoms with van der Waals surface area (Å²) >= 11 is 0. The summed E-state index contributed by atoms with van der Waals surface area (Å²) in [4.78, 5) is 22.3. The Morgan fingerprint density at radius 1 is 1.36 bits per heavy atom. The van der Waals surface area contributed by atoms with Gasteiger partial charge in [0.1, 0.15) is 11.8 Å². The number of hydrogen-bond acceptors (Lipinski definition) is 3. The number of imidazole rings is 1. The molecule has 3 aromatic heterocycles. The molecule has 0 bridgehead atoms. The van der Waals surface area contributed by atoms with Crippen LogP contribution in [-0.4, -0.2) is 38.8 Å². The van der Waals surface area contributed by atoms with Crippen LogP contribution in [0.3, 0.4) is 0 Å². The summed E-state index contributed by atoms with van der Waals surface area (Å²) in [6.07, 6.45) is 2.92. The molecule has 0 radical (unpaired) electrons. The fraction of sp³-hybridized carbons (Fsp3) is 0.385. The van der Waals surface area contributed by atoms with Crippen molar-refractivity contribution in [1.82, 2.24) is 24.8 Å². The molecule has 1 aliphatic heterocycles. The van der Waals surface area contributed by atoms with Crippen molar-refractivity contribution in [2.75, 3.05) is 13.1 Å². The van der Waals surface area contributed by atoms with Crippen LogP contribution in [0.1, 0.15) is 12.5 Å². The molecule has 120 valence electrons. The van der Waals surface area contributed by atoms with Gasteiger partial charge in [0.15, 0.2) is 0 Å². The number of nitrogens with zero attached hydrogens (tertiary/aromatic N) is 2. The predicted molar refractivity (Wildman–Crippen MR) is 88.1 cm³/mol. The molecular formula is C13H16Cl2FN5O. The zero-order valence-electron chi connectivity index (χ0n) is 11.5. The lowest BCUT2D eigenvalue weighted by molar-refractivity contribution is 0.184. The zero-order valence-corrected chi connectivity index (χ0v) is 13.1. The van der Waals surface area contributed by atoms with Gasteiger partial charge in [0, 0.05) is 18.1 Å². The minimum Gasteiger partial charge on any atom is -0.346 e. The molecule has 22 heavy (non-hydrogen) atoms. The number of aromatic amines is 2. The maximum absolute atomic E-state index is 14.2. The van der Waals surface area contributed by atoms with Crippen LogP contribution in [0.4, 0.5) is 4.39 Å². The Labute approximate surface area is 137 Å². The number of alkyl halides is 1. The second kappa shape index (κ2) is 6.28. The number of halogens is 3. The van der Waals surface area contributed by atoms with Gasteiger partial charge in [-0.25, -0.2) is 14.2 Å². The molecule has 3 aromatic rings. The number of hydrogen-bond donors (Lipinski definition) is 3. The van der Waals surface area contributed by atoms with E-state index in [-0.39, 0.29) is 37.0 Å². The molecule has 1 fully saturated rings. The average Bonchev–Trinajstić information content (AvgIpc) is 3.02. The zero-order chi connectivity index (χ0) is 13.7. The molecule has 4 rings (SSSR count). The lowest BCUT2D eigenvalue weighted by atomic mass is 10.0. The largest absolute Gasteiger partial charge is 0.346 e. The van der Waals surface area contributed by atoms with Gasteiger partial charge in [0.2, 0.25) is 0 Å². The quantitative estimate of drug-likeness (QED) is 0.629. The molecule has 0 amide bonds. The van der Waals surface area contributed by atoms with E-state index in [2.05, 4.69) is 20.3 Å². The number of piperidine rings is 1. The Hall–Kier alpha value is -1.57. The molecule has 1 aliphatic rings. The fourth-order valence-corrected chi connectivity index (χ4v) is 3.04. The van der Waals surface area contributed by atoms with Crippen LogP contribution in [0.5, 0.6) is 0 Å². The molecule has 3 N–H and O–H groups in total. The number of H-pyrrole nitrogens is 2. The van der Waals surface area contributed by atoms with Gasteiger partial charge in [-0.2, -0.15) is 0 Å². The number of nitrogens with one attached hydrogen (secondary N) is 3. The highest BCUT2D eigenvalue weighted by Gasteiger charge is 2.29. The third-order valence-electron chi connectivity index (χ3n) is 3.96. The maximum atomic E-state index is 14.2. The number of fused-ring (bicyclic) bond motifs is 3. The van der Waals surface area contributed by atoms with Crippen molar-refractivity contribution in [3.05, 3.63) is 28.9 Å². The first-order valence-corrected chi connectivity index (χ1v) is 6.67. The molecule has 6 nitrogen and oxygen atoms in total. The van der Waals surface area contributed by atoms with Gasteiger partial charge in [0.05, 0.1) is 23.3 Å². The summed E-state index contributed by atoms with van der Waals surface area (Å²) < 4.78 is 15.7. The normalized spacial score (nSPS) is 21.5. The van der Waals surface area contributed by atoms with Crippen LogP contribution in [0, 0.1) is 0 Å². The van der Waals surface area contributed by atoms with Crippen molar-refractivity contribution in [1.29, 1.82) is 0 Å². The first-order chi connectivity index (χ1) is 9.75. The minimum absolute atomic E-state index is 0. The third-order valence-corrected chi connectivity index (χ3v) is 3.96. The summed E-state index contributed by atoms with van der Waals surface area (Å²) in [6.45, 7) is 0.997. The smallest absolute Gasteiger partial charge is 0.326 e. The molecule has 1 unspecified atom stereocenters. The van der Waals surface area contributed by atoms with Gasteiger partial charge >= 0.3 is 5.69 Å². The van der Waals surface area contributed by atoms with E-state index in [9.17, 15) is 9.18 Å². The standard InChI is InChI=1S/C13H14FN5O.2ClH/c14-8-5-15-3-2-10(8)19-11-7-1-4-16-12(7)17-6-9(11)18-13(19)20;;/h1,4,6,8,10,15H,2-3,5H2,(H,16,17)(H,18,20);2*1H/t8-,10?;;/m0../s1. The van der Waals surface area contributed by atoms with Crippen molar-refractivity contribution in [3.8, 4) is 0 Å². The van der Waals surface area contributed by atoms with E-state index in [4.69, 9.17) is 0 Å². The van der Waals surface area contributed by atoms with E-state index in [1.165, 1.54) is 0 Å². The van der Waals surface area contributed by atoms with Gasteiger partial charge in [0.25, 0.3) is 0 Å². The highest BCUT2D eigenvalue weighted by Crippen LogP contribution is 2.28. The van der Waals surface area contributed by atoms with Crippen LogP contribution >= 0.6 is 24.8 Å². The summed E-state index contributed by atoms with van der Waals surface area (Å²) in [5, 5.41) is 3.85. The lowest BCUT2D eigenvalue weighted by Crippen LogP contribution is -2.41. The van der Waals surface area contributed by atoms with Gasteiger partial charge in [-0.1, -0.05) is 0 Å². The predicted octanol–water partition coefficient (Wildman–Crippen LogP) is 1.92. The second-order valence-electron chi connectivity index (χ2n) is 5.14. The van der Waals surface area contributed by atoms with Crippen molar-refractivity contribution in [3.63, 3.8) is 0 Å². The molecule has 4 heterocycles. The molecule has 1 saturated heterocycles. The van der Waals surface area contributed by atoms with Gasteiger partial charge < -0.3 is 15.3 Å². The van der Waals surface area contributed by atoms with Crippen LogP contribution < -0.4 is 11.0 Å². The van der Waals surface area contributed by atoms with E-state index in [0.717, 1.165) is 10.9 Å². The van der Waals surface area contributed by atoms with Gasteiger partial charge in [-0.15, -0.1) is 24.8 Å². The van der Waals surface area contributed by atoms with Crippen molar-refractivity contribution in [2.45, 2.75) is 18.6 Å². The number of pyridine rings is 1. The number of rotatable bonds is 1. The van der Waals surface area contributed by atoms with Crippen LogP contribution in [-0.2, 0) is 0 Å². The Bertz CT molecular complexity index is 842. The third kappa shape index (κ3) is 2.39. The Morgan fingerprint density at radius 3 is 2.95 bits per heavy atom. The molecule has 0 saturated carbocycles. The summed E-state index contributed by atoms with van der Waals surface area (Å²) in [6, 6.07) is 1.43. The highest BCUT2D eigenvalue weighted by atomic mass is 35.5. The van der Waals surface area contributed by atoms with E-state index >= 15 is 0 Å². The Balaban J connectivity index is 0.000000882. The lowest BCUT2D eigenvalue weighted by Gasteiger charge is -2.27. The van der Waals surface area contributed by atoms with Gasteiger partial charge in [-0.3, -0.25) is 4.57 Å². The summed E-state index contributed by atoms with van der Waals surface area (Å²) in [5.74, 6) is 0. The molecule has 2 atom stereocenters. The first-order valence-electron chi connectivity index (χ1n) is 6.67. The molecule has 0 spiro atoms. The monoisotopic (exact) mass is 347 g/mol. The van der Waals surface area contributed by atoms with Crippen molar-refractivity contribution < 1.29 is 4.39 Å². The Kier molecular flexibility index (Phi) is 4.79. The van der Waals surface area contributed by atoms with Crippen LogP contribution in [0.15, 0.2) is 23.3 Å². The molecule has 0 aromatic carbocycles. The molecule has 9 heteroatoms. The van der Waals surface area contributed by atoms with Crippen LogP contribution in [0.25, 0.3) is 22.1 Å².